The number of nitriles is 3. The van der Waals surface area contributed by atoms with Crippen LogP contribution in [0.1, 0.15) is 46.4 Å². The summed E-state index contributed by atoms with van der Waals surface area (Å²) in [7, 11) is 0. The van der Waals surface area contributed by atoms with Crippen LogP contribution in [0, 0.1) is 40.9 Å². The van der Waals surface area contributed by atoms with Crippen LogP contribution in [0.15, 0.2) is 140 Å². The number of hydrogen-bond donors (Lipinski definition) is 0. The standard InChI is InChI=1S/C46H31N5/c1-3-4-16-36-30(2)50(41-20-7-5-17-37(36)41)44-22-11-14-34(29-49)46(44)39-19-10-13-33(28-48)45(39)32-12-9-15-35(26-32)51-42-21-8-6-18-38(42)40-25-31(27-47)23-24-43(40)51/h3-9,11-12,14-26H,1,10,13H2,2H3/b16-4-. The summed E-state index contributed by atoms with van der Waals surface area (Å²) in [6.45, 7) is 5.98. The lowest BCUT2D eigenvalue weighted by Gasteiger charge is -2.24. The van der Waals surface area contributed by atoms with Gasteiger partial charge in [-0.1, -0.05) is 85.5 Å². The molecule has 5 heteroatoms. The van der Waals surface area contributed by atoms with E-state index in [-0.39, 0.29) is 0 Å². The number of nitrogens with zero attached hydrogens (tertiary/aromatic N) is 5. The van der Waals surface area contributed by atoms with E-state index in [2.05, 4.69) is 102 Å². The van der Waals surface area contributed by atoms with Crippen molar-refractivity contribution in [3.05, 3.63) is 173 Å². The minimum absolute atomic E-state index is 0.544. The first kappa shape index (κ1) is 31.2. The van der Waals surface area contributed by atoms with Gasteiger partial charge in [0.25, 0.3) is 0 Å². The summed E-state index contributed by atoms with van der Waals surface area (Å²) in [6.07, 6.45) is 9.28. The molecule has 0 spiro atoms. The number of fused-ring (bicyclic) bond motifs is 4. The second kappa shape index (κ2) is 12.7. The Labute approximate surface area is 296 Å². The monoisotopic (exact) mass is 653 g/mol. The highest BCUT2D eigenvalue weighted by Crippen LogP contribution is 2.44. The molecule has 0 bridgehead atoms. The lowest BCUT2D eigenvalue weighted by Crippen LogP contribution is -2.08. The number of aromatic nitrogens is 2. The van der Waals surface area contributed by atoms with E-state index in [4.69, 9.17) is 0 Å². The van der Waals surface area contributed by atoms with E-state index in [9.17, 15) is 15.8 Å². The molecule has 0 saturated carbocycles. The Morgan fingerprint density at radius 1 is 0.706 bits per heavy atom. The van der Waals surface area contributed by atoms with Crippen molar-refractivity contribution >= 4 is 49.9 Å². The predicted octanol–water partition coefficient (Wildman–Crippen LogP) is 11.1. The fourth-order valence-corrected chi connectivity index (χ4v) is 7.72. The Morgan fingerprint density at radius 3 is 2.22 bits per heavy atom. The summed E-state index contributed by atoms with van der Waals surface area (Å²) in [4.78, 5) is 0. The van der Waals surface area contributed by atoms with Gasteiger partial charge >= 0.3 is 0 Å². The van der Waals surface area contributed by atoms with Crippen LogP contribution >= 0.6 is 0 Å². The Hall–Kier alpha value is -7.13. The van der Waals surface area contributed by atoms with Crippen LogP contribution in [0.5, 0.6) is 0 Å². The van der Waals surface area contributed by atoms with Crippen LogP contribution in [0.4, 0.5) is 0 Å². The minimum Gasteiger partial charge on any atom is -0.313 e. The number of benzene rings is 5. The molecule has 0 N–H and O–H groups in total. The van der Waals surface area contributed by atoms with Gasteiger partial charge in [-0.05, 0) is 85.5 Å². The van der Waals surface area contributed by atoms with Crippen molar-refractivity contribution in [3.8, 4) is 29.6 Å². The van der Waals surface area contributed by atoms with Crippen molar-refractivity contribution in [2.24, 2.45) is 0 Å². The van der Waals surface area contributed by atoms with Gasteiger partial charge in [0, 0.05) is 49.8 Å². The van der Waals surface area contributed by atoms with Crippen LogP contribution in [0.3, 0.4) is 0 Å². The molecule has 0 radical (unpaired) electrons. The van der Waals surface area contributed by atoms with Crippen molar-refractivity contribution in [2.45, 2.75) is 19.8 Å². The average molecular weight is 654 g/mol. The third-order valence-corrected chi connectivity index (χ3v) is 9.88. The molecule has 0 unspecified atom stereocenters. The zero-order valence-electron chi connectivity index (χ0n) is 28.1. The van der Waals surface area contributed by atoms with Crippen molar-refractivity contribution in [3.63, 3.8) is 0 Å². The van der Waals surface area contributed by atoms with Crippen molar-refractivity contribution in [1.82, 2.24) is 9.13 Å². The number of hydrogen-bond acceptors (Lipinski definition) is 3. The maximum atomic E-state index is 10.6. The van der Waals surface area contributed by atoms with Gasteiger partial charge in [-0.25, -0.2) is 0 Å². The molecule has 7 aromatic rings. The van der Waals surface area contributed by atoms with Gasteiger partial charge in [-0.15, -0.1) is 0 Å². The first-order valence-electron chi connectivity index (χ1n) is 16.9. The van der Waals surface area contributed by atoms with E-state index in [1.165, 1.54) is 0 Å². The quantitative estimate of drug-likeness (QED) is 0.167. The summed E-state index contributed by atoms with van der Waals surface area (Å²) < 4.78 is 4.45. The van der Waals surface area contributed by atoms with Gasteiger partial charge in [0.05, 0.1) is 51.6 Å². The summed E-state index contributed by atoms with van der Waals surface area (Å²) in [5.41, 5.74) is 12.3. The molecule has 51 heavy (non-hydrogen) atoms. The largest absolute Gasteiger partial charge is 0.313 e. The van der Waals surface area contributed by atoms with Crippen molar-refractivity contribution in [2.75, 3.05) is 0 Å². The molecule has 8 rings (SSSR count). The maximum absolute atomic E-state index is 10.6. The van der Waals surface area contributed by atoms with E-state index in [0.29, 0.717) is 29.5 Å². The Bertz CT molecular complexity index is 2810. The molecule has 1 aliphatic rings. The summed E-state index contributed by atoms with van der Waals surface area (Å²) in [5, 5.41) is 34.0. The van der Waals surface area contributed by atoms with E-state index in [1.54, 1.807) is 6.08 Å². The summed E-state index contributed by atoms with van der Waals surface area (Å²) in [6, 6.07) is 43.8. The van der Waals surface area contributed by atoms with Crippen LogP contribution in [0.25, 0.3) is 61.3 Å². The van der Waals surface area contributed by atoms with Gasteiger partial charge in [0.1, 0.15) is 0 Å². The molecule has 5 nitrogen and oxygen atoms in total. The van der Waals surface area contributed by atoms with Crippen LogP contribution < -0.4 is 0 Å². The Balaban J connectivity index is 1.37. The molecule has 240 valence electrons. The molecule has 0 atom stereocenters. The molecule has 0 aliphatic heterocycles. The second-order valence-electron chi connectivity index (χ2n) is 12.6. The fraction of sp³-hybridized carbons (Fsp3) is 0.0652. The SMILES string of the molecule is C=C/C=C\c1c(C)n(-c2cccc(C#N)c2C2=CCCC(C#N)=C2c2cccc(-n3c4ccccc4c4cc(C#N)ccc43)c2)c2ccccc12. The normalized spacial score (nSPS) is 13.0. The number of para-hydroxylation sites is 2. The lowest BCUT2D eigenvalue weighted by atomic mass is 9.81. The zero-order valence-corrected chi connectivity index (χ0v) is 28.1. The summed E-state index contributed by atoms with van der Waals surface area (Å²) >= 11 is 0. The van der Waals surface area contributed by atoms with E-state index < -0.39 is 0 Å². The first-order valence-corrected chi connectivity index (χ1v) is 16.9. The van der Waals surface area contributed by atoms with Crippen LogP contribution in [-0.4, -0.2) is 9.13 Å². The second-order valence-corrected chi connectivity index (χ2v) is 12.6. The van der Waals surface area contributed by atoms with Gasteiger partial charge in [-0.3, -0.25) is 0 Å². The molecule has 2 heterocycles. The fourth-order valence-electron chi connectivity index (χ4n) is 7.72. The summed E-state index contributed by atoms with van der Waals surface area (Å²) in [5.74, 6) is 0. The van der Waals surface area contributed by atoms with Crippen LogP contribution in [-0.2, 0) is 0 Å². The molecule has 0 saturated heterocycles. The predicted molar refractivity (Wildman–Crippen MR) is 207 cm³/mol. The molecule has 0 amide bonds. The Morgan fingerprint density at radius 2 is 1.45 bits per heavy atom. The van der Waals surface area contributed by atoms with Gasteiger partial charge < -0.3 is 9.13 Å². The molecule has 5 aromatic carbocycles. The van der Waals surface area contributed by atoms with Crippen molar-refractivity contribution in [1.29, 1.82) is 15.8 Å². The van der Waals surface area contributed by atoms with Gasteiger partial charge in [0.2, 0.25) is 0 Å². The third-order valence-electron chi connectivity index (χ3n) is 9.88. The van der Waals surface area contributed by atoms with Crippen molar-refractivity contribution < 1.29 is 0 Å². The van der Waals surface area contributed by atoms with E-state index >= 15 is 0 Å². The molecule has 2 aromatic heterocycles. The third kappa shape index (κ3) is 4.98. The molecule has 0 fully saturated rings. The van der Waals surface area contributed by atoms with Crippen LogP contribution in [0.2, 0.25) is 0 Å². The maximum Gasteiger partial charge on any atom is 0.0998 e. The lowest BCUT2D eigenvalue weighted by molar-refractivity contribution is 0.998. The number of allylic oxidation sites excluding steroid dienone is 6. The van der Waals surface area contributed by atoms with E-state index in [1.807, 2.05) is 66.7 Å². The topological polar surface area (TPSA) is 81.2 Å². The van der Waals surface area contributed by atoms with Gasteiger partial charge in [0.15, 0.2) is 0 Å². The zero-order chi connectivity index (χ0) is 35.1. The van der Waals surface area contributed by atoms with E-state index in [0.717, 1.165) is 77.6 Å². The molecular formula is C46H31N5. The highest BCUT2D eigenvalue weighted by atomic mass is 15.0. The average Bonchev–Trinajstić information content (AvgIpc) is 3.66. The molecular weight excluding hydrogens is 623 g/mol. The smallest absolute Gasteiger partial charge is 0.0998 e. The molecule has 1 aliphatic carbocycles. The Kier molecular flexibility index (Phi) is 7.77. The highest BCUT2D eigenvalue weighted by Gasteiger charge is 2.26. The van der Waals surface area contributed by atoms with Gasteiger partial charge in [-0.2, -0.15) is 15.8 Å². The number of rotatable bonds is 6. The minimum atomic E-state index is 0.544. The highest BCUT2D eigenvalue weighted by molar-refractivity contribution is 6.12. The first-order chi connectivity index (χ1) is 25.1.